The molecule has 0 saturated carbocycles. The first-order valence-corrected chi connectivity index (χ1v) is 11.0. The Labute approximate surface area is 204 Å². The summed E-state index contributed by atoms with van der Waals surface area (Å²) in [4.78, 5) is 15.3. The molecule has 0 amide bonds. The van der Waals surface area contributed by atoms with Gasteiger partial charge in [-0.15, -0.1) is 5.10 Å². The number of aromatic amines is 1. The molecule has 0 saturated heterocycles. The molecule has 1 aliphatic rings. The Balaban J connectivity index is 1.71. The van der Waals surface area contributed by atoms with Crippen molar-refractivity contribution in [3.05, 3.63) is 84.2 Å². The molecule has 0 radical (unpaired) electrons. The van der Waals surface area contributed by atoms with Crippen molar-refractivity contribution < 1.29 is 4.74 Å². The maximum atomic E-state index is 12.5. The smallest absolute Gasteiger partial charge is 0.348 e. The van der Waals surface area contributed by atoms with Crippen molar-refractivity contribution >= 4 is 52.1 Å². The Morgan fingerprint density at radius 1 is 1.06 bits per heavy atom. The van der Waals surface area contributed by atoms with E-state index in [0.29, 0.717) is 66.9 Å². The highest BCUT2D eigenvalue weighted by Gasteiger charge is 2.20. The number of allylic oxidation sites excluding steroid dienone is 4. The summed E-state index contributed by atoms with van der Waals surface area (Å²) in [6.45, 7) is 0. The van der Waals surface area contributed by atoms with Crippen LogP contribution in [0.5, 0.6) is 5.75 Å². The molecule has 0 atom stereocenters. The van der Waals surface area contributed by atoms with Crippen LogP contribution in [0.1, 0.15) is 24.0 Å². The average Bonchev–Trinajstić information content (AvgIpc) is 3.15. The van der Waals surface area contributed by atoms with Crippen LogP contribution >= 0.6 is 46.4 Å². The highest BCUT2D eigenvalue weighted by molar-refractivity contribution is 6.40. The normalized spacial score (nSPS) is 13.5. The van der Waals surface area contributed by atoms with Crippen LogP contribution in [0.2, 0.25) is 10.0 Å². The maximum absolute atomic E-state index is 12.5. The molecule has 0 fully saturated rings. The molecule has 1 aliphatic carbocycles. The van der Waals surface area contributed by atoms with Gasteiger partial charge in [-0.2, -0.15) is 4.68 Å². The van der Waals surface area contributed by atoms with Gasteiger partial charge in [-0.05, 0) is 49.2 Å². The van der Waals surface area contributed by atoms with Crippen LogP contribution in [0, 0.1) is 11.8 Å². The standard InChI is InChI=1S/C23H15Cl4N3O2/c1-32-20-12-15(8-6-13(20)5-7-14-11-16(24)9-10-17(14)25)22-28-23(31)30(29-22)21-18(26)3-2-4-19(21)27/h3,6,8-12H,2,4H2,1H3,(H,28,29,31). The van der Waals surface area contributed by atoms with Gasteiger partial charge in [0.25, 0.3) is 0 Å². The second-order valence-corrected chi connectivity index (χ2v) is 8.53. The number of aromatic nitrogens is 3. The average molecular weight is 507 g/mol. The number of benzene rings is 2. The van der Waals surface area contributed by atoms with Crippen LogP contribution in [0.25, 0.3) is 17.1 Å². The zero-order valence-corrected chi connectivity index (χ0v) is 19.7. The number of nitrogens with zero attached hydrogens (tertiary/aromatic N) is 2. The summed E-state index contributed by atoms with van der Waals surface area (Å²) in [5.74, 6) is 6.90. The van der Waals surface area contributed by atoms with E-state index in [1.807, 2.05) is 6.08 Å². The second-order valence-electron chi connectivity index (χ2n) is 6.82. The first-order valence-electron chi connectivity index (χ1n) is 9.47. The van der Waals surface area contributed by atoms with Gasteiger partial charge in [0.15, 0.2) is 5.82 Å². The molecular formula is C23H15Cl4N3O2. The number of nitrogens with one attached hydrogen (secondary N) is 1. The first kappa shape index (κ1) is 22.6. The van der Waals surface area contributed by atoms with Gasteiger partial charge in [0.05, 0.1) is 22.7 Å². The van der Waals surface area contributed by atoms with Gasteiger partial charge < -0.3 is 4.74 Å². The lowest BCUT2D eigenvalue weighted by atomic mass is 10.1. The summed E-state index contributed by atoms with van der Waals surface area (Å²) in [5.41, 5.74) is 1.82. The molecule has 0 aliphatic heterocycles. The molecule has 0 spiro atoms. The van der Waals surface area contributed by atoms with Crippen LogP contribution in [0.4, 0.5) is 0 Å². The lowest BCUT2D eigenvalue weighted by molar-refractivity contribution is 0.414. The topological polar surface area (TPSA) is 59.9 Å². The monoisotopic (exact) mass is 505 g/mol. The molecule has 2 aromatic carbocycles. The predicted molar refractivity (Wildman–Crippen MR) is 130 cm³/mol. The van der Waals surface area contributed by atoms with Crippen LogP contribution in [-0.4, -0.2) is 21.9 Å². The lowest BCUT2D eigenvalue weighted by Crippen LogP contribution is -2.19. The van der Waals surface area contributed by atoms with Crippen molar-refractivity contribution in [3.8, 4) is 29.0 Å². The van der Waals surface area contributed by atoms with E-state index in [1.54, 1.807) is 36.4 Å². The molecule has 0 bridgehead atoms. The highest BCUT2D eigenvalue weighted by Crippen LogP contribution is 2.33. The number of hydrogen-bond acceptors (Lipinski definition) is 3. The predicted octanol–water partition coefficient (Wildman–Crippen LogP) is 6.28. The largest absolute Gasteiger partial charge is 0.495 e. The lowest BCUT2D eigenvalue weighted by Gasteiger charge is -2.12. The van der Waals surface area contributed by atoms with Gasteiger partial charge in [0.2, 0.25) is 0 Å². The Hall–Kier alpha value is -2.62. The molecule has 4 rings (SSSR count). The SMILES string of the molecule is COc1cc(-c2nn(C3=C(Cl)CCC=C3Cl)c(=O)[nH]2)ccc1C#Cc1cc(Cl)ccc1Cl. The molecule has 1 N–H and O–H groups in total. The summed E-state index contributed by atoms with van der Waals surface area (Å²) in [7, 11) is 1.54. The third-order valence-corrected chi connectivity index (χ3v) is 6.00. The van der Waals surface area contributed by atoms with Gasteiger partial charge in [-0.25, -0.2) is 4.79 Å². The van der Waals surface area contributed by atoms with E-state index in [4.69, 9.17) is 51.1 Å². The number of rotatable bonds is 3. The first-order chi connectivity index (χ1) is 15.4. The zero-order valence-electron chi connectivity index (χ0n) is 16.7. The van der Waals surface area contributed by atoms with E-state index >= 15 is 0 Å². The van der Waals surface area contributed by atoms with Gasteiger partial charge in [-0.3, -0.25) is 4.98 Å². The van der Waals surface area contributed by atoms with E-state index in [2.05, 4.69) is 21.9 Å². The number of hydrogen-bond donors (Lipinski definition) is 1. The fourth-order valence-corrected chi connectivity index (χ4v) is 4.14. The zero-order chi connectivity index (χ0) is 22.8. The van der Waals surface area contributed by atoms with Gasteiger partial charge in [0, 0.05) is 21.2 Å². The van der Waals surface area contributed by atoms with E-state index < -0.39 is 5.69 Å². The molecule has 5 nitrogen and oxygen atoms in total. The van der Waals surface area contributed by atoms with E-state index in [-0.39, 0.29) is 0 Å². The number of methoxy groups -OCH3 is 1. The van der Waals surface area contributed by atoms with Crippen LogP contribution in [0.3, 0.4) is 0 Å². The second kappa shape index (κ2) is 9.48. The summed E-state index contributed by atoms with van der Waals surface area (Å²) in [6, 6.07) is 10.4. The molecule has 162 valence electrons. The maximum Gasteiger partial charge on any atom is 0.348 e. The Bertz CT molecular complexity index is 1390. The minimum atomic E-state index is -0.444. The Morgan fingerprint density at radius 2 is 1.84 bits per heavy atom. The fourth-order valence-electron chi connectivity index (χ4n) is 3.16. The minimum Gasteiger partial charge on any atom is -0.495 e. The fraction of sp³-hybridized carbons (Fsp3) is 0.130. The summed E-state index contributed by atoms with van der Waals surface area (Å²) < 4.78 is 6.67. The van der Waals surface area contributed by atoms with E-state index in [0.717, 1.165) is 0 Å². The van der Waals surface area contributed by atoms with Crippen molar-refractivity contribution in [2.24, 2.45) is 0 Å². The van der Waals surface area contributed by atoms with Gasteiger partial charge in [-0.1, -0.05) is 64.3 Å². The molecule has 3 aromatic rings. The van der Waals surface area contributed by atoms with Crippen LogP contribution < -0.4 is 10.4 Å². The third-order valence-electron chi connectivity index (χ3n) is 4.74. The van der Waals surface area contributed by atoms with Crippen molar-refractivity contribution in [2.45, 2.75) is 12.8 Å². The van der Waals surface area contributed by atoms with Crippen LogP contribution in [0.15, 0.2) is 57.3 Å². The van der Waals surface area contributed by atoms with Gasteiger partial charge >= 0.3 is 5.69 Å². The van der Waals surface area contributed by atoms with Gasteiger partial charge in [0.1, 0.15) is 11.4 Å². The van der Waals surface area contributed by atoms with E-state index in [1.165, 1.54) is 11.8 Å². The summed E-state index contributed by atoms with van der Waals surface area (Å²) in [5, 5.41) is 6.31. The summed E-state index contributed by atoms with van der Waals surface area (Å²) >= 11 is 24.8. The number of ether oxygens (including phenoxy) is 1. The molecule has 32 heavy (non-hydrogen) atoms. The highest BCUT2D eigenvalue weighted by atomic mass is 35.5. The molecule has 0 unspecified atom stereocenters. The molecule has 1 aromatic heterocycles. The third kappa shape index (κ3) is 4.60. The number of halogens is 4. The molecule has 9 heteroatoms. The molecule has 1 heterocycles. The van der Waals surface area contributed by atoms with E-state index in [9.17, 15) is 4.79 Å². The minimum absolute atomic E-state index is 0.345. The van der Waals surface area contributed by atoms with Crippen molar-refractivity contribution in [3.63, 3.8) is 0 Å². The van der Waals surface area contributed by atoms with Crippen molar-refractivity contribution in [2.75, 3.05) is 7.11 Å². The number of H-pyrrole nitrogens is 1. The summed E-state index contributed by atoms with van der Waals surface area (Å²) in [6.07, 6.45) is 3.12. The Kier molecular flexibility index (Phi) is 6.68. The Morgan fingerprint density at radius 3 is 2.59 bits per heavy atom. The molecular weight excluding hydrogens is 492 g/mol. The van der Waals surface area contributed by atoms with Crippen molar-refractivity contribution in [1.82, 2.24) is 14.8 Å². The van der Waals surface area contributed by atoms with Crippen LogP contribution in [-0.2, 0) is 0 Å². The quantitative estimate of drug-likeness (QED) is 0.425. The van der Waals surface area contributed by atoms with Crippen molar-refractivity contribution in [1.29, 1.82) is 0 Å².